The van der Waals surface area contributed by atoms with E-state index in [0.29, 0.717) is 22.8 Å². The lowest BCUT2D eigenvalue weighted by atomic mass is 10.4. The van der Waals surface area contributed by atoms with Crippen LogP contribution in [0, 0.1) is 4.77 Å². The largest absolute Gasteiger partial charge is 0.303 e. The average Bonchev–Trinajstić information content (AvgIpc) is 2.55. The maximum absolute atomic E-state index is 11.3. The van der Waals surface area contributed by atoms with Crippen molar-refractivity contribution in [3.8, 4) is 0 Å². The first-order chi connectivity index (χ1) is 6.69. The van der Waals surface area contributed by atoms with Crippen LogP contribution < -0.4 is 0 Å². The second kappa shape index (κ2) is 5.41. The lowest BCUT2D eigenvalue weighted by molar-refractivity contribution is 0.663. The molecule has 0 aliphatic rings. The highest BCUT2D eigenvalue weighted by Gasteiger charge is 2.04. The van der Waals surface area contributed by atoms with Gasteiger partial charge >= 0.3 is 0 Å². The molecule has 0 radical (unpaired) electrons. The summed E-state index contributed by atoms with van der Waals surface area (Å²) < 4.78 is 13.8. The van der Waals surface area contributed by atoms with E-state index in [1.807, 2.05) is 18.4 Å². The predicted molar refractivity (Wildman–Crippen MR) is 60.3 cm³/mol. The topological polar surface area (TPSA) is 50.7 Å². The molecule has 0 aromatic carbocycles. The third-order valence-electron chi connectivity index (χ3n) is 2.02. The zero-order chi connectivity index (χ0) is 10.6. The van der Waals surface area contributed by atoms with Crippen molar-refractivity contribution >= 4 is 23.0 Å². The number of hydrogen-bond donors (Lipinski definition) is 1. The predicted octanol–water partition coefficient (Wildman–Crippen LogP) is 1.27. The summed E-state index contributed by atoms with van der Waals surface area (Å²) in [7, 11) is -0.739. The molecule has 1 N–H and O–H groups in total. The van der Waals surface area contributed by atoms with Crippen LogP contribution in [-0.2, 0) is 23.8 Å². The van der Waals surface area contributed by atoms with Crippen molar-refractivity contribution in [2.45, 2.75) is 26.8 Å². The highest BCUT2D eigenvalue weighted by molar-refractivity contribution is 7.84. The molecule has 6 heteroatoms. The van der Waals surface area contributed by atoms with Crippen LogP contribution in [0.1, 0.15) is 19.7 Å². The van der Waals surface area contributed by atoms with Crippen LogP contribution in [0.25, 0.3) is 0 Å². The monoisotopic (exact) mass is 233 g/mol. The molecule has 0 bridgehead atoms. The van der Waals surface area contributed by atoms with E-state index in [1.165, 1.54) is 0 Å². The molecule has 0 saturated heterocycles. The summed E-state index contributed by atoms with van der Waals surface area (Å²) in [5.41, 5.74) is 0. The molecule has 1 aromatic rings. The van der Waals surface area contributed by atoms with Crippen LogP contribution in [0.5, 0.6) is 0 Å². The van der Waals surface area contributed by atoms with E-state index in [2.05, 4.69) is 10.2 Å². The van der Waals surface area contributed by atoms with E-state index in [9.17, 15) is 4.21 Å². The van der Waals surface area contributed by atoms with Crippen LogP contribution in [-0.4, -0.2) is 30.5 Å². The molecule has 0 saturated carbocycles. The zero-order valence-electron chi connectivity index (χ0n) is 8.45. The van der Waals surface area contributed by atoms with E-state index >= 15 is 0 Å². The number of hydrogen-bond acceptors (Lipinski definition) is 3. The maximum atomic E-state index is 11.3. The molecule has 4 nitrogen and oxygen atoms in total. The van der Waals surface area contributed by atoms with Crippen LogP contribution in [0.15, 0.2) is 0 Å². The third kappa shape index (κ3) is 2.75. The lowest BCUT2D eigenvalue weighted by Crippen LogP contribution is -2.11. The van der Waals surface area contributed by atoms with Gasteiger partial charge in [-0.25, -0.2) is 0 Å². The lowest BCUT2D eigenvalue weighted by Gasteiger charge is -2.03. The minimum Gasteiger partial charge on any atom is -0.303 e. The van der Waals surface area contributed by atoms with Crippen molar-refractivity contribution in [2.24, 2.45) is 0 Å². The van der Waals surface area contributed by atoms with Gasteiger partial charge in [0, 0.05) is 35.3 Å². The second-order valence-electron chi connectivity index (χ2n) is 2.88. The zero-order valence-corrected chi connectivity index (χ0v) is 10.1. The Balaban J connectivity index is 2.70. The van der Waals surface area contributed by atoms with Gasteiger partial charge in [-0.1, -0.05) is 13.8 Å². The van der Waals surface area contributed by atoms with Crippen molar-refractivity contribution in [1.29, 1.82) is 0 Å². The van der Waals surface area contributed by atoms with Gasteiger partial charge in [-0.3, -0.25) is 9.31 Å². The van der Waals surface area contributed by atoms with E-state index in [0.717, 1.165) is 12.2 Å². The standard InChI is InChI=1S/C8H15N3OS2/c1-3-7-9-10-8(13)11(7)5-6-14(12)4-2/h3-6H2,1-2H3,(H,10,13). The van der Waals surface area contributed by atoms with Gasteiger partial charge < -0.3 is 4.57 Å². The van der Waals surface area contributed by atoms with Crippen molar-refractivity contribution in [1.82, 2.24) is 14.8 Å². The summed E-state index contributed by atoms with van der Waals surface area (Å²) >= 11 is 5.07. The summed E-state index contributed by atoms with van der Waals surface area (Å²) in [5, 5.41) is 6.83. The highest BCUT2D eigenvalue weighted by Crippen LogP contribution is 1.99. The van der Waals surface area contributed by atoms with Gasteiger partial charge in [-0.15, -0.1) is 0 Å². The molecule has 1 aromatic heterocycles. The number of nitrogens with one attached hydrogen (secondary N) is 1. The maximum Gasteiger partial charge on any atom is 0.195 e. The summed E-state index contributed by atoms with van der Waals surface area (Å²) in [6.45, 7) is 4.64. The molecular formula is C8H15N3OS2. The molecule has 0 amide bonds. The first kappa shape index (κ1) is 11.6. The summed E-state index contributed by atoms with van der Waals surface area (Å²) in [5.74, 6) is 2.28. The SMILES string of the molecule is CCc1n[nH]c(=S)n1CCS(=O)CC. The van der Waals surface area contributed by atoms with Crippen LogP contribution >= 0.6 is 12.2 Å². The second-order valence-corrected chi connectivity index (χ2v) is 5.13. The van der Waals surface area contributed by atoms with Gasteiger partial charge in [0.2, 0.25) is 0 Å². The molecule has 1 unspecified atom stereocenters. The van der Waals surface area contributed by atoms with Crippen LogP contribution in [0.4, 0.5) is 0 Å². The number of aromatic amines is 1. The Morgan fingerprint density at radius 1 is 1.57 bits per heavy atom. The molecular weight excluding hydrogens is 218 g/mol. The Hall–Kier alpha value is -0.490. The van der Waals surface area contributed by atoms with E-state index in [4.69, 9.17) is 12.2 Å². The summed E-state index contributed by atoms with van der Waals surface area (Å²) in [6, 6.07) is 0. The van der Waals surface area contributed by atoms with E-state index < -0.39 is 10.8 Å². The molecule has 0 spiro atoms. The molecule has 0 fully saturated rings. The van der Waals surface area contributed by atoms with Crippen LogP contribution in [0.2, 0.25) is 0 Å². The minimum atomic E-state index is -0.739. The number of rotatable bonds is 5. The smallest absolute Gasteiger partial charge is 0.195 e. The first-order valence-electron chi connectivity index (χ1n) is 4.68. The van der Waals surface area contributed by atoms with Crippen molar-refractivity contribution in [3.05, 3.63) is 10.6 Å². The summed E-state index contributed by atoms with van der Waals surface area (Å²) in [4.78, 5) is 0. The number of H-pyrrole nitrogens is 1. The molecule has 14 heavy (non-hydrogen) atoms. The Labute approximate surface area is 91.2 Å². The van der Waals surface area contributed by atoms with Crippen molar-refractivity contribution in [2.75, 3.05) is 11.5 Å². The number of nitrogens with zero attached hydrogens (tertiary/aromatic N) is 2. The molecule has 80 valence electrons. The fraction of sp³-hybridized carbons (Fsp3) is 0.750. The van der Waals surface area contributed by atoms with E-state index in [1.54, 1.807) is 0 Å². The Kier molecular flexibility index (Phi) is 4.47. The Morgan fingerprint density at radius 3 is 2.86 bits per heavy atom. The summed E-state index contributed by atoms with van der Waals surface area (Å²) in [6.07, 6.45) is 0.839. The van der Waals surface area contributed by atoms with Gasteiger partial charge in [-0.05, 0) is 12.2 Å². The third-order valence-corrected chi connectivity index (χ3v) is 3.61. The van der Waals surface area contributed by atoms with Gasteiger partial charge in [0.15, 0.2) is 4.77 Å². The van der Waals surface area contributed by atoms with Gasteiger partial charge in [0.25, 0.3) is 0 Å². The highest BCUT2D eigenvalue weighted by atomic mass is 32.2. The Morgan fingerprint density at radius 2 is 2.29 bits per heavy atom. The molecule has 1 heterocycles. The van der Waals surface area contributed by atoms with Gasteiger partial charge in [-0.2, -0.15) is 5.10 Å². The minimum absolute atomic E-state index is 0.620. The molecule has 1 atom stereocenters. The van der Waals surface area contributed by atoms with Gasteiger partial charge in [0.05, 0.1) is 0 Å². The fourth-order valence-corrected chi connectivity index (χ4v) is 2.11. The molecule has 0 aliphatic carbocycles. The quantitative estimate of drug-likeness (QED) is 0.779. The fourth-order valence-electron chi connectivity index (χ4n) is 1.19. The number of aromatic nitrogens is 3. The van der Waals surface area contributed by atoms with Crippen molar-refractivity contribution in [3.63, 3.8) is 0 Å². The normalized spacial score (nSPS) is 13.0. The molecule has 0 aliphatic heterocycles. The Bertz CT molecular complexity index is 369. The van der Waals surface area contributed by atoms with Crippen LogP contribution in [0.3, 0.4) is 0 Å². The molecule has 1 rings (SSSR count). The van der Waals surface area contributed by atoms with Crippen molar-refractivity contribution < 1.29 is 4.21 Å². The van der Waals surface area contributed by atoms with Gasteiger partial charge in [0.1, 0.15) is 5.82 Å². The number of aryl methyl sites for hydroxylation is 1. The first-order valence-corrected chi connectivity index (χ1v) is 6.57. The average molecular weight is 233 g/mol. The van der Waals surface area contributed by atoms with E-state index in [-0.39, 0.29) is 0 Å².